The van der Waals surface area contributed by atoms with Crippen LogP contribution in [-0.4, -0.2) is 55.0 Å². The highest BCUT2D eigenvalue weighted by atomic mass is 35.5. The predicted molar refractivity (Wildman–Crippen MR) is 142 cm³/mol. The summed E-state index contributed by atoms with van der Waals surface area (Å²) in [7, 11) is 0. The van der Waals surface area contributed by atoms with Crippen molar-refractivity contribution in [3.8, 4) is 0 Å². The van der Waals surface area contributed by atoms with Gasteiger partial charge in [0.05, 0.1) is 31.1 Å². The van der Waals surface area contributed by atoms with Crippen molar-refractivity contribution in [2.75, 3.05) is 13.1 Å². The number of aromatic amines is 1. The van der Waals surface area contributed by atoms with E-state index in [0.29, 0.717) is 21.4 Å². The minimum atomic E-state index is -1.44. The number of hydrogen-bond acceptors (Lipinski definition) is 5. The van der Waals surface area contributed by atoms with Crippen LogP contribution >= 0.6 is 11.6 Å². The van der Waals surface area contributed by atoms with Gasteiger partial charge in [0.1, 0.15) is 28.9 Å². The lowest BCUT2D eigenvalue weighted by atomic mass is 9.99. The third-order valence-corrected chi connectivity index (χ3v) is 6.05. The molecule has 0 saturated carbocycles. The maximum atomic E-state index is 13.9. The fourth-order valence-corrected chi connectivity index (χ4v) is 4.19. The van der Waals surface area contributed by atoms with Crippen LogP contribution in [0.5, 0.6) is 0 Å². The van der Waals surface area contributed by atoms with Gasteiger partial charge in [-0.3, -0.25) is 19.0 Å². The number of nitrogens with zero attached hydrogens (tertiary/aromatic N) is 4. The van der Waals surface area contributed by atoms with Gasteiger partial charge in [0.2, 0.25) is 5.91 Å². The number of H-pyrrole nitrogens is 1. The van der Waals surface area contributed by atoms with Crippen molar-refractivity contribution < 1.29 is 14.0 Å². The number of carbonyl (C=O) groups is 2. The van der Waals surface area contributed by atoms with Crippen LogP contribution in [0.4, 0.5) is 4.39 Å². The van der Waals surface area contributed by atoms with Crippen LogP contribution in [0.3, 0.4) is 0 Å². The molecule has 0 unspecified atom stereocenters. The Kier molecular flexibility index (Phi) is 8.32. The molecular formula is C26H30ClFN6O3. The van der Waals surface area contributed by atoms with Gasteiger partial charge in [-0.25, -0.2) is 14.4 Å². The van der Waals surface area contributed by atoms with Crippen molar-refractivity contribution >= 4 is 45.5 Å². The molecule has 1 aliphatic rings. The van der Waals surface area contributed by atoms with E-state index in [1.807, 2.05) is 13.8 Å². The van der Waals surface area contributed by atoms with Crippen LogP contribution in [0.2, 0.25) is 5.02 Å². The molecule has 2 N–H and O–H groups in total. The molecule has 4 aromatic rings. The van der Waals surface area contributed by atoms with Gasteiger partial charge in [-0.2, -0.15) is 0 Å². The number of carbonyl (C=O) groups excluding carboxylic acids is 2. The summed E-state index contributed by atoms with van der Waals surface area (Å²) in [5.74, 6) is -1.03. The molecule has 1 saturated heterocycles. The molecule has 0 aliphatic carbocycles. The third kappa shape index (κ3) is 5.64. The molecule has 0 atom stereocenters. The van der Waals surface area contributed by atoms with E-state index in [9.17, 15) is 18.8 Å². The molecule has 1 fully saturated rings. The van der Waals surface area contributed by atoms with Crippen LogP contribution in [0.15, 0.2) is 47.7 Å². The van der Waals surface area contributed by atoms with E-state index in [0.717, 1.165) is 10.1 Å². The summed E-state index contributed by atoms with van der Waals surface area (Å²) in [6, 6.07) is 8.38. The predicted octanol–water partition coefficient (Wildman–Crippen LogP) is 4.09. The Hall–Kier alpha value is -3.79. The maximum absolute atomic E-state index is 13.9. The number of aromatic nitrogens is 4. The first-order valence-electron chi connectivity index (χ1n) is 11.6. The summed E-state index contributed by atoms with van der Waals surface area (Å²) < 4.78 is 15.0. The Morgan fingerprint density at radius 1 is 1.19 bits per heavy atom. The van der Waals surface area contributed by atoms with E-state index in [-0.39, 0.29) is 44.8 Å². The molecule has 3 aromatic heterocycles. The number of imidazole rings is 1. The van der Waals surface area contributed by atoms with E-state index in [4.69, 9.17) is 11.6 Å². The number of rotatable bonds is 5. The number of amides is 2. The smallest absolute Gasteiger partial charge is 0.265 e. The lowest BCUT2D eigenvalue weighted by Crippen LogP contribution is -2.60. The van der Waals surface area contributed by atoms with Gasteiger partial charge in [0.25, 0.3) is 11.5 Å². The Labute approximate surface area is 218 Å². The monoisotopic (exact) mass is 528 g/mol. The normalized spacial score (nSPS) is 13.8. The zero-order chi connectivity index (χ0) is 26.0. The number of nitrogens with one attached hydrogen (secondary N) is 2. The van der Waals surface area contributed by atoms with Gasteiger partial charge in [-0.1, -0.05) is 45.0 Å². The minimum absolute atomic E-state index is 0. The van der Waals surface area contributed by atoms with Crippen molar-refractivity contribution in [3.63, 3.8) is 0 Å². The number of hydrogen-bond donors (Lipinski definition) is 2. The van der Waals surface area contributed by atoms with Crippen molar-refractivity contribution in [3.05, 3.63) is 69.4 Å². The number of alkyl halides is 1. The molecule has 2 amide bonds. The van der Waals surface area contributed by atoms with E-state index < -0.39 is 23.0 Å². The second-order valence-corrected chi connectivity index (χ2v) is 9.02. The molecule has 196 valence electrons. The Balaban J connectivity index is 0.00000124. The summed E-state index contributed by atoms with van der Waals surface area (Å²) in [5, 5.41) is 3.75. The second kappa shape index (κ2) is 11.1. The lowest BCUT2D eigenvalue weighted by Gasteiger charge is -2.42. The van der Waals surface area contributed by atoms with Crippen LogP contribution in [0.1, 0.15) is 44.1 Å². The van der Waals surface area contributed by atoms with Gasteiger partial charge >= 0.3 is 0 Å². The molecule has 1 aliphatic heterocycles. The van der Waals surface area contributed by atoms with Gasteiger partial charge in [0, 0.05) is 17.0 Å². The standard InChI is InChI=1S/C23H20ClFN6O3.C2H6.CH4/c1-23(25)10-30(11-23)18(32)9-31-20-15(19-17(8-26-20)28-12-29-19)6-16(22(31)34)21(33)27-7-13-2-4-14(24)5-3-13;1-2;/h2-6,8,12H,7,9-11H2,1H3,(H,27,33)(H,28,29);1-2H3;1H4. The minimum Gasteiger partial charge on any atom is -0.348 e. The number of pyridine rings is 2. The zero-order valence-corrected chi connectivity index (χ0v) is 20.9. The third-order valence-electron chi connectivity index (χ3n) is 5.80. The van der Waals surface area contributed by atoms with Crippen molar-refractivity contribution in [2.24, 2.45) is 0 Å². The molecule has 5 rings (SSSR count). The molecule has 37 heavy (non-hydrogen) atoms. The average molecular weight is 529 g/mol. The van der Waals surface area contributed by atoms with E-state index in [2.05, 4.69) is 20.3 Å². The molecule has 0 radical (unpaired) electrons. The number of fused-ring (bicyclic) bond motifs is 3. The Bertz CT molecular complexity index is 1490. The van der Waals surface area contributed by atoms with Crippen LogP contribution in [-0.2, 0) is 17.9 Å². The summed E-state index contributed by atoms with van der Waals surface area (Å²) in [6.45, 7) is 5.14. The fourth-order valence-electron chi connectivity index (χ4n) is 4.06. The summed E-state index contributed by atoms with van der Waals surface area (Å²) in [4.78, 5) is 52.0. The summed E-state index contributed by atoms with van der Waals surface area (Å²) >= 11 is 5.90. The van der Waals surface area contributed by atoms with Gasteiger partial charge < -0.3 is 15.2 Å². The van der Waals surface area contributed by atoms with Gasteiger partial charge in [-0.05, 0) is 30.7 Å². The molecule has 1 aromatic carbocycles. The van der Waals surface area contributed by atoms with Crippen LogP contribution in [0, 0.1) is 0 Å². The topological polar surface area (TPSA) is 113 Å². The van der Waals surface area contributed by atoms with Crippen LogP contribution < -0.4 is 10.9 Å². The number of halogens is 2. The SMILES string of the molecule is C.CC.CC1(F)CN(C(=O)Cn2c(=O)c(C(=O)NCc3ccc(Cl)cc3)cc3c4nc[nH]c4cnc32)C1. The molecule has 0 bridgehead atoms. The fraction of sp³-hybridized carbons (Fsp3) is 0.346. The molecule has 0 spiro atoms. The van der Waals surface area contributed by atoms with Crippen molar-refractivity contribution in [1.82, 2.24) is 29.7 Å². The lowest BCUT2D eigenvalue weighted by molar-refractivity contribution is -0.144. The maximum Gasteiger partial charge on any atom is 0.265 e. The first-order valence-corrected chi connectivity index (χ1v) is 11.9. The highest BCUT2D eigenvalue weighted by Gasteiger charge is 2.41. The zero-order valence-electron chi connectivity index (χ0n) is 20.1. The summed E-state index contributed by atoms with van der Waals surface area (Å²) in [6.07, 6.45) is 2.99. The Morgan fingerprint density at radius 3 is 2.51 bits per heavy atom. The average Bonchev–Trinajstić information content (AvgIpc) is 3.34. The number of benzene rings is 1. The first-order chi connectivity index (χ1) is 17.2. The van der Waals surface area contributed by atoms with E-state index >= 15 is 0 Å². The molecule has 9 nitrogen and oxygen atoms in total. The second-order valence-electron chi connectivity index (χ2n) is 8.58. The summed E-state index contributed by atoms with van der Waals surface area (Å²) in [5.41, 5.74) is -0.101. The van der Waals surface area contributed by atoms with Crippen molar-refractivity contribution in [1.29, 1.82) is 0 Å². The quantitative estimate of drug-likeness (QED) is 0.405. The van der Waals surface area contributed by atoms with Gasteiger partial charge in [-0.15, -0.1) is 0 Å². The molecule has 4 heterocycles. The van der Waals surface area contributed by atoms with E-state index in [1.54, 1.807) is 24.3 Å². The first kappa shape index (κ1) is 27.8. The number of likely N-dealkylation sites (tertiary alicyclic amines) is 1. The highest BCUT2D eigenvalue weighted by molar-refractivity contribution is 6.30. The Morgan fingerprint density at radius 2 is 1.86 bits per heavy atom. The van der Waals surface area contributed by atoms with Gasteiger partial charge in [0.15, 0.2) is 0 Å². The molecule has 11 heteroatoms. The van der Waals surface area contributed by atoms with E-state index in [1.165, 1.54) is 30.4 Å². The highest BCUT2D eigenvalue weighted by Crippen LogP contribution is 2.25. The largest absolute Gasteiger partial charge is 0.348 e. The van der Waals surface area contributed by atoms with Crippen molar-refractivity contribution in [2.45, 2.75) is 47.0 Å². The van der Waals surface area contributed by atoms with Crippen LogP contribution in [0.25, 0.3) is 22.1 Å². The molecular weight excluding hydrogens is 499 g/mol.